The van der Waals surface area contributed by atoms with Crippen LogP contribution in [-0.2, 0) is 6.42 Å². The van der Waals surface area contributed by atoms with Gasteiger partial charge in [0.1, 0.15) is 5.75 Å². The van der Waals surface area contributed by atoms with Gasteiger partial charge in [0.05, 0.1) is 12.2 Å². The second-order valence-corrected chi connectivity index (χ2v) is 4.96. The lowest BCUT2D eigenvalue weighted by molar-refractivity contribution is 0.0989. The van der Waals surface area contributed by atoms with E-state index in [9.17, 15) is 4.79 Å². The average Bonchev–Trinajstić information content (AvgIpc) is 2.43. The van der Waals surface area contributed by atoms with Crippen molar-refractivity contribution in [2.24, 2.45) is 0 Å². The molecule has 0 fully saturated rings. The van der Waals surface area contributed by atoms with Crippen LogP contribution >= 0.6 is 0 Å². The van der Waals surface area contributed by atoms with Crippen LogP contribution in [0.25, 0.3) is 0 Å². The van der Waals surface area contributed by atoms with Crippen LogP contribution in [0.2, 0.25) is 0 Å². The lowest BCUT2D eigenvalue weighted by Crippen LogP contribution is -2.08. The number of Topliss-reactive ketones (excluding diaryl/α,β-unsaturated/α-hetero) is 1. The summed E-state index contributed by atoms with van der Waals surface area (Å²) >= 11 is 0. The Morgan fingerprint density at radius 2 is 1.85 bits per heavy atom. The van der Waals surface area contributed by atoms with E-state index in [1.54, 1.807) is 0 Å². The summed E-state index contributed by atoms with van der Waals surface area (Å²) in [5, 5.41) is 0. The van der Waals surface area contributed by atoms with Crippen molar-refractivity contribution in [3.63, 3.8) is 0 Å². The van der Waals surface area contributed by atoms with Crippen molar-refractivity contribution in [2.75, 3.05) is 6.61 Å². The molecule has 0 atom stereocenters. The molecule has 104 valence electrons. The van der Waals surface area contributed by atoms with Crippen molar-refractivity contribution in [2.45, 2.75) is 27.2 Å². The monoisotopic (exact) mass is 268 g/mol. The first-order chi connectivity index (χ1) is 9.61. The van der Waals surface area contributed by atoms with E-state index in [2.05, 4.69) is 0 Å². The fourth-order valence-electron chi connectivity index (χ4n) is 2.22. The van der Waals surface area contributed by atoms with Crippen molar-refractivity contribution < 1.29 is 9.53 Å². The summed E-state index contributed by atoms with van der Waals surface area (Å²) < 4.78 is 5.56. The van der Waals surface area contributed by atoms with Crippen LogP contribution in [0.5, 0.6) is 5.75 Å². The SMILES string of the molecule is CCOc1ccc(C)cc1C(=O)Cc1ccccc1C. The number of hydrogen-bond acceptors (Lipinski definition) is 2. The summed E-state index contributed by atoms with van der Waals surface area (Å²) in [4.78, 5) is 12.5. The molecule has 0 unspecified atom stereocenters. The molecule has 2 aromatic rings. The molecule has 2 nitrogen and oxygen atoms in total. The molecule has 0 radical (unpaired) electrons. The van der Waals surface area contributed by atoms with E-state index < -0.39 is 0 Å². The van der Waals surface area contributed by atoms with Crippen molar-refractivity contribution in [1.29, 1.82) is 0 Å². The van der Waals surface area contributed by atoms with Gasteiger partial charge >= 0.3 is 0 Å². The van der Waals surface area contributed by atoms with Gasteiger partial charge in [-0.15, -0.1) is 0 Å². The molecule has 20 heavy (non-hydrogen) atoms. The Kier molecular flexibility index (Phi) is 4.57. The van der Waals surface area contributed by atoms with Gasteiger partial charge in [-0.25, -0.2) is 0 Å². The van der Waals surface area contributed by atoms with Crippen molar-refractivity contribution in [3.8, 4) is 5.75 Å². The Balaban J connectivity index is 2.29. The van der Waals surface area contributed by atoms with E-state index in [0.717, 1.165) is 16.7 Å². The third-order valence-corrected chi connectivity index (χ3v) is 3.35. The van der Waals surface area contributed by atoms with Gasteiger partial charge in [-0.2, -0.15) is 0 Å². The van der Waals surface area contributed by atoms with E-state index >= 15 is 0 Å². The summed E-state index contributed by atoms with van der Waals surface area (Å²) in [5.41, 5.74) is 3.96. The Bertz CT molecular complexity index is 615. The molecule has 0 N–H and O–H groups in total. The maximum atomic E-state index is 12.5. The Labute approximate surface area is 120 Å². The number of ether oxygens (including phenoxy) is 1. The number of carbonyl (C=O) groups excluding carboxylic acids is 1. The molecule has 2 rings (SSSR count). The van der Waals surface area contributed by atoms with Gasteiger partial charge < -0.3 is 4.74 Å². The van der Waals surface area contributed by atoms with Gasteiger partial charge in [-0.3, -0.25) is 4.79 Å². The number of benzene rings is 2. The number of hydrogen-bond donors (Lipinski definition) is 0. The molecular weight excluding hydrogens is 248 g/mol. The van der Waals surface area contributed by atoms with Gasteiger partial charge in [0.2, 0.25) is 0 Å². The van der Waals surface area contributed by atoms with E-state index in [0.29, 0.717) is 24.3 Å². The first-order valence-corrected chi connectivity index (χ1v) is 6.93. The van der Waals surface area contributed by atoms with Crippen LogP contribution in [0.15, 0.2) is 42.5 Å². The summed E-state index contributed by atoms with van der Waals surface area (Å²) in [6.07, 6.45) is 0.413. The number of aryl methyl sites for hydroxylation is 2. The normalized spacial score (nSPS) is 10.3. The highest BCUT2D eigenvalue weighted by Crippen LogP contribution is 2.22. The molecule has 0 aromatic heterocycles. The van der Waals surface area contributed by atoms with Crippen molar-refractivity contribution in [3.05, 3.63) is 64.7 Å². The summed E-state index contributed by atoms with van der Waals surface area (Å²) in [6, 6.07) is 13.7. The molecule has 0 heterocycles. The van der Waals surface area contributed by atoms with Crippen LogP contribution in [0.3, 0.4) is 0 Å². The molecule has 0 saturated carbocycles. The predicted octanol–water partition coefficient (Wildman–Crippen LogP) is 4.13. The summed E-state index contributed by atoms with van der Waals surface area (Å²) in [7, 11) is 0. The summed E-state index contributed by atoms with van der Waals surface area (Å²) in [6.45, 7) is 6.51. The molecular formula is C18H20O2. The Morgan fingerprint density at radius 3 is 2.55 bits per heavy atom. The highest BCUT2D eigenvalue weighted by Gasteiger charge is 2.14. The topological polar surface area (TPSA) is 26.3 Å². The largest absolute Gasteiger partial charge is 0.493 e. The minimum absolute atomic E-state index is 0.103. The lowest BCUT2D eigenvalue weighted by Gasteiger charge is -2.11. The van der Waals surface area contributed by atoms with Crippen molar-refractivity contribution >= 4 is 5.78 Å². The molecule has 0 aliphatic carbocycles. The quantitative estimate of drug-likeness (QED) is 0.762. The first-order valence-electron chi connectivity index (χ1n) is 6.93. The molecule has 0 amide bonds. The molecule has 2 heteroatoms. The van der Waals surface area contributed by atoms with E-state index in [4.69, 9.17) is 4.74 Å². The van der Waals surface area contributed by atoms with Crippen LogP contribution in [0.4, 0.5) is 0 Å². The number of carbonyl (C=O) groups is 1. The average molecular weight is 268 g/mol. The third kappa shape index (κ3) is 3.27. The van der Waals surface area contributed by atoms with Crippen LogP contribution in [0, 0.1) is 13.8 Å². The van der Waals surface area contributed by atoms with Crippen molar-refractivity contribution in [1.82, 2.24) is 0 Å². The zero-order chi connectivity index (χ0) is 14.5. The third-order valence-electron chi connectivity index (χ3n) is 3.35. The standard InChI is InChI=1S/C18H20O2/c1-4-20-18-10-9-13(2)11-16(18)17(19)12-15-8-6-5-7-14(15)3/h5-11H,4,12H2,1-3H3. The highest BCUT2D eigenvalue weighted by atomic mass is 16.5. The maximum absolute atomic E-state index is 12.5. The smallest absolute Gasteiger partial charge is 0.170 e. The number of rotatable bonds is 5. The molecule has 0 saturated heterocycles. The highest BCUT2D eigenvalue weighted by molar-refractivity contribution is 6.00. The van der Waals surface area contributed by atoms with Gasteiger partial charge in [0, 0.05) is 6.42 Å². The minimum atomic E-state index is 0.103. The Morgan fingerprint density at radius 1 is 1.10 bits per heavy atom. The molecule has 0 aliphatic rings. The van der Waals surface area contributed by atoms with E-state index in [1.807, 2.05) is 63.2 Å². The van der Waals surface area contributed by atoms with Gasteiger partial charge in [0.15, 0.2) is 5.78 Å². The summed E-state index contributed by atoms with van der Waals surface area (Å²) in [5.74, 6) is 0.781. The molecule has 0 spiro atoms. The maximum Gasteiger partial charge on any atom is 0.170 e. The molecule has 0 aliphatic heterocycles. The predicted molar refractivity (Wildman–Crippen MR) is 81.6 cm³/mol. The first kappa shape index (κ1) is 14.3. The molecule has 2 aromatic carbocycles. The fraction of sp³-hybridized carbons (Fsp3) is 0.278. The zero-order valence-corrected chi connectivity index (χ0v) is 12.3. The van der Waals surface area contributed by atoms with Gasteiger partial charge in [-0.05, 0) is 44.0 Å². The van der Waals surface area contributed by atoms with Crippen LogP contribution in [0.1, 0.15) is 34.0 Å². The minimum Gasteiger partial charge on any atom is -0.493 e. The Hall–Kier alpha value is -2.09. The fourth-order valence-corrected chi connectivity index (χ4v) is 2.22. The van der Waals surface area contributed by atoms with Crippen LogP contribution < -0.4 is 4.74 Å². The number of ketones is 1. The molecule has 0 bridgehead atoms. The lowest BCUT2D eigenvalue weighted by atomic mass is 9.98. The second kappa shape index (κ2) is 6.38. The second-order valence-electron chi connectivity index (χ2n) is 4.96. The zero-order valence-electron chi connectivity index (χ0n) is 12.3. The van der Waals surface area contributed by atoms with E-state index in [-0.39, 0.29) is 5.78 Å². The van der Waals surface area contributed by atoms with Gasteiger partial charge in [0.25, 0.3) is 0 Å². The van der Waals surface area contributed by atoms with Gasteiger partial charge in [-0.1, -0.05) is 35.9 Å². The van der Waals surface area contributed by atoms with Crippen LogP contribution in [-0.4, -0.2) is 12.4 Å². The van der Waals surface area contributed by atoms with E-state index in [1.165, 1.54) is 0 Å².